The standard InChI is InChI=1S/C25H25F3N6O3/c1-13-10-33(12-29-13)19-6-5-18(30-24(19)36-4)22-31-32-23-20(7-14(11-34(22)23)25(2,3)35)37-15-8-16(26)21(28)17(27)9-15/h5-6,8-10,12,14,20,35H,7,11H2,1-4H3. The highest BCUT2D eigenvalue weighted by Gasteiger charge is 2.39. The molecule has 194 valence electrons. The summed E-state index contributed by atoms with van der Waals surface area (Å²) in [7, 11) is 1.51. The highest BCUT2D eigenvalue weighted by atomic mass is 19.2. The van der Waals surface area contributed by atoms with Gasteiger partial charge in [0.05, 0.1) is 24.7 Å². The van der Waals surface area contributed by atoms with Crippen molar-refractivity contribution >= 4 is 0 Å². The number of rotatable bonds is 6. The van der Waals surface area contributed by atoms with Crippen molar-refractivity contribution in [1.29, 1.82) is 0 Å². The first-order valence-electron chi connectivity index (χ1n) is 11.6. The lowest BCUT2D eigenvalue weighted by Gasteiger charge is -2.37. The molecule has 4 heterocycles. The highest BCUT2D eigenvalue weighted by Crippen LogP contribution is 2.39. The van der Waals surface area contributed by atoms with Gasteiger partial charge in [0.1, 0.15) is 17.1 Å². The lowest BCUT2D eigenvalue weighted by Crippen LogP contribution is -2.40. The molecule has 9 nitrogen and oxygen atoms in total. The average molecular weight is 515 g/mol. The molecule has 12 heteroatoms. The van der Waals surface area contributed by atoms with Crippen molar-refractivity contribution < 1.29 is 27.8 Å². The van der Waals surface area contributed by atoms with Crippen LogP contribution in [0.25, 0.3) is 17.2 Å². The molecule has 0 bridgehead atoms. The van der Waals surface area contributed by atoms with E-state index in [-0.39, 0.29) is 18.1 Å². The number of aryl methyl sites for hydroxylation is 1. The molecule has 1 N–H and O–H groups in total. The number of imidazole rings is 1. The predicted molar refractivity (Wildman–Crippen MR) is 126 cm³/mol. The molecule has 0 saturated heterocycles. The van der Waals surface area contributed by atoms with E-state index in [2.05, 4.69) is 20.2 Å². The number of pyridine rings is 1. The molecule has 1 aromatic carbocycles. The van der Waals surface area contributed by atoms with Gasteiger partial charge in [0.25, 0.3) is 0 Å². The maximum Gasteiger partial charge on any atom is 0.238 e. The van der Waals surface area contributed by atoms with Crippen LogP contribution in [0, 0.1) is 30.3 Å². The van der Waals surface area contributed by atoms with Crippen LogP contribution in [0.3, 0.4) is 0 Å². The van der Waals surface area contributed by atoms with Crippen molar-refractivity contribution in [2.75, 3.05) is 7.11 Å². The van der Waals surface area contributed by atoms with Crippen LogP contribution >= 0.6 is 0 Å². The number of aromatic nitrogens is 6. The normalized spacial score (nSPS) is 17.5. The predicted octanol–water partition coefficient (Wildman–Crippen LogP) is 4.17. The average Bonchev–Trinajstić information content (AvgIpc) is 3.48. The fraction of sp³-hybridized carbons (Fsp3) is 0.360. The molecule has 0 radical (unpaired) electrons. The van der Waals surface area contributed by atoms with Gasteiger partial charge >= 0.3 is 0 Å². The SMILES string of the molecule is COc1nc(-c2nnc3n2CC(C(C)(C)O)CC3Oc2cc(F)c(F)c(F)c2)ccc1-n1cnc(C)c1. The van der Waals surface area contributed by atoms with Crippen LogP contribution in [0.15, 0.2) is 36.8 Å². The van der Waals surface area contributed by atoms with Gasteiger partial charge < -0.3 is 23.7 Å². The van der Waals surface area contributed by atoms with E-state index in [1.807, 2.05) is 19.2 Å². The van der Waals surface area contributed by atoms with E-state index >= 15 is 0 Å². The minimum atomic E-state index is -1.58. The van der Waals surface area contributed by atoms with Crippen LogP contribution in [0.2, 0.25) is 0 Å². The zero-order chi connectivity index (χ0) is 26.5. The van der Waals surface area contributed by atoms with E-state index in [4.69, 9.17) is 9.47 Å². The molecule has 2 unspecified atom stereocenters. The Bertz CT molecular complexity index is 1440. The van der Waals surface area contributed by atoms with E-state index in [1.54, 1.807) is 35.4 Å². The Hall–Kier alpha value is -3.93. The molecular weight excluding hydrogens is 489 g/mol. The van der Waals surface area contributed by atoms with E-state index < -0.39 is 29.2 Å². The van der Waals surface area contributed by atoms with E-state index in [0.29, 0.717) is 35.5 Å². The summed E-state index contributed by atoms with van der Waals surface area (Å²) < 4.78 is 56.0. The summed E-state index contributed by atoms with van der Waals surface area (Å²) in [5.74, 6) is -3.71. The molecule has 0 fully saturated rings. The molecule has 0 spiro atoms. The molecule has 5 rings (SSSR count). The molecule has 0 saturated carbocycles. The van der Waals surface area contributed by atoms with Crippen molar-refractivity contribution in [1.82, 2.24) is 29.3 Å². The monoisotopic (exact) mass is 514 g/mol. The Balaban J connectivity index is 1.55. The summed E-state index contributed by atoms with van der Waals surface area (Å²) in [5.41, 5.74) is 0.864. The minimum Gasteiger partial charge on any atom is -0.482 e. The summed E-state index contributed by atoms with van der Waals surface area (Å²) >= 11 is 0. The van der Waals surface area contributed by atoms with Gasteiger partial charge in [0, 0.05) is 30.8 Å². The second-order valence-corrected chi connectivity index (χ2v) is 9.53. The topological polar surface area (TPSA) is 100 Å². The van der Waals surface area contributed by atoms with Crippen LogP contribution < -0.4 is 9.47 Å². The fourth-order valence-corrected chi connectivity index (χ4v) is 4.42. The van der Waals surface area contributed by atoms with Gasteiger partial charge in [-0.15, -0.1) is 10.2 Å². The van der Waals surface area contributed by atoms with Crippen molar-refractivity contribution in [3.63, 3.8) is 0 Å². The summed E-state index contributed by atoms with van der Waals surface area (Å²) in [6, 6.07) is 5.13. The first kappa shape index (κ1) is 24.8. The van der Waals surface area contributed by atoms with Crippen LogP contribution in [0.1, 0.15) is 37.9 Å². The molecule has 3 aromatic heterocycles. The minimum absolute atomic E-state index is 0.200. The summed E-state index contributed by atoms with van der Waals surface area (Å²) in [4.78, 5) is 8.85. The van der Waals surface area contributed by atoms with Crippen molar-refractivity contribution in [2.45, 2.75) is 45.4 Å². The molecule has 1 aliphatic heterocycles. The van der Waals surface area contributed by atoms with Crippen LogP contribution in [0.4, 0.5) is 13.2 Å². The second kappa shape index (κ2) is 9.18. The van der Waals surface area contributed by atoms with Gasteiger partial charge in [-0.25, -0.2) is 23.1 Å². The number of methoxy groups -OCH3 is 1. The molecule has 0 amide bonds. The molecule has 0 aliphatic carbocycles. The number of fused-ring (bicyclic) bond motifs is 1. The lowest BCUT2D eigenvalue weighted by molar-refractivity contribution is -0.0237. The number of aliphatic hydroxyl groups is 1. The Labute approximate surface area is 210 Å². The third-order valence-electron chi connectivity index (χ3n) is 6.46. The van der Waals surface area contributed by atoms with Crippen molar-refractivity contribution in [3.8, 4) is 28.8 Å². The maximum atomic E-state index is 13.8. The van der Waals surface area contributed by atoms with Gasteiger partial charge in [-0.05, 0) is 39.3 Å². The quantitative estimate of drug-likeness (QED) is 0.386. The third-order valence-corrected chi connectivity index (χ3v) is 6.46. The zero-order valence-corrected chi connectivity index (χ0v) is 20.6. The first-order valence-corrected chi connectivity index (χ1v) is 11.6. The van der Waals surface area contributed by atoms with E-state index in [9.17, 15) is 18.3 Å². The number of hydrogen-bond acceptors (Lipinski definition) is 7. The summed E-state index contributed by atoms with van der Waals surface area (Å²) in [6.45, 7) is 5.56. The largest absolute Gasteiger partial charge is 0.482 e. The number of nitrogens with zero attached hydrogens (tertiary/aromatic N) is 6. The molecular formula is C25H25F3N6O3. The van der Waals surface area contributed by atoms with Crippen LogP contribution in [-0.2, 0) is 6.54 Å². The second-order valence-electron chi connectivity index (χ2n) is 9.53. The Morgan fingerprint density at radius 1 is 1.11 bits per heavy atom. The number of ether oxygens (including phenoxy) is 2. The molecule has 2 atom stereocenters. The smallest absolute Gasteiger partial charge is 0.238 e. The zero-order valence-electron chi connectivity index (χ0n) is 20.6. The maximum absolute atomic E-state index is 13.8. The lowest BCUT2D eigenvalue weighted by atomic mass is 9.83. The summed E-state index contributed by atoms with van der Waals surface area (Å²) in [5, 5.41) is 19.4. The van der Waals surface area contributed by atoms with Crippen molar-refractivity contribution in [2.24, 2.45) is 5.92 Å². The van der Waals surface area contributed by atoms with Gasteiger partial charge in [0.15, 0.2) is 35.2 Å². The Morgan fingerprint density at radius 2 is 1.84 bits per heavy atom. The number of benzene rings is 1. The molecule has 37 heavy (non-hydrogen) atoms. The first-order chi connectivity index (χ1) is 17.5. The molecule has 1 aliphatic rings. The number of halogens is 3. The Kier molecular flexibility index (Phi) is 6.14. The number of hydrogen-bond donors (Lipinski definition) is 1. The van der Waals surface area contributed by atoms with Gasteiger partial charge in [0.2, 0.25) is 5.88 Å². The van der Waals surface area contributed by atoms with Gasteiger partial charge in [-0.2, -0.15) is 0 Å². The van der Waals surface area contributed by atoms with E-state index in [1.165, 1.54) is 7.11 Å². The van der Waals surface area contributed by atoms with Crippen molar-refractivity contribution in [3.05, 3.63) is 65.8 Å². The van der Waals surface area contributed by atoms with Crippen LogP contribution in [-0.4, -0.2) is 47.1 Å². The summed E-state index contributed by atoms with van der Waals surface area (Å²) in [6.07, 6.45) is 2.98. The van der Waals surface area contributed by atoms with Gasteiger partial charge in [-0.3, -0.25) is 0 Å². The Morgan fingerprint density at radius 3 is 2.46 bits per heavy atom. The van der Waals surface area contributed by atoms with Gasteiger partial charge in [-0.1, -0.05) is 0 Å². The van der Waals surface area contributed by atoms with E-state index in [0.717, 1.165) is 17.8 Å². The highest BCUT2D eigenvalue weighted by molar-refractivity contribution is 5.56. The van der Waals surface area contributed by atoms with Crippen LogP contribution in [0.5, 0.6) is 11.6 Å². The fourth-order valence-electron chi connectivity index (χ4n) is 4.42. The third kappa shape index (κ3) is 4.64. The molecule has 4 aromatic rings.